The second kappa shape index (κ2) is 6.21. The summed E-state index contributed by atoms with van der Waals surface area (Å²) in [6.07, 6.45) is 0.189. The van der Waals surface area contributed by atoms with Gasteiger partial charge in [0.25, 0.3) is 0 Å². The van der Waals surface area contributed by atoms with E-state index in [9.17, 15) is 13.2 Å². The molecule has 0 radical (unpaired) electrons. The number of hydrogen-bond acceptors (Lipinski definition) is 4. The molecule has 1 aliphatic heterocycles. The van der Waals surface area contributed by atoms with Crippen molar-refractivity contribution in [3.8, 4) is 0 Å². The van der Waals surface area contributed by atoms with E-state index in [2.05, 4.69) is 13.8 Å². The summed E-state index contributed by atoms with van der Waals surface area (Å²) in [5.41, 5.74) is 1.90. The number of Topliss-reactive ketones (excluding diaryl/α,β-unsaturated/α-hetero) is 1. The lowest BCUT2D eigenvalue weighted by atomic mass is 9.98. The minimum atomic E-state index is -3.42. The van der Waals surface area contributed by atoms with E-state index in [1.807, 2.05) is 41.8 Å². The molecular weight excluding hydrogens is 328 g/mol. The molecule has 1 aromatic heterocycles. The molecule has 2 atom stereocenters. The summed E-state index contributed by atoms with van der Waals surface area (Å²) >= 11 is 1.41. The lowest BCUT2D eigenvalue weighted by Crippen LogP contribution is -2.30. The Morgan fingerprint density at radius 3 is 2.26 bits per heavy atom. The number of carbonyl (C=O) groups excluding carboxylic acids is 1. The van der Waals surface area contributed by atoms with Gasteiger partial charge >= 0.3 is 0 Å². The zero-order valence-electron chi connectivity index (χ0n) is 13.2. The van der Waals surface area contributed by atoms with Crippen LogP contribution in [0.2, 0.25) is 0 Å². The van der Waals surface area contributed by atoms with Crippen molar-refractivity contribution in [1.29, 1.82) is 0 Å². The molecule has 0 amide bonds. The molecule has 3 rings (SSSR count). The Labute approximate surface area is 141 Å². The Morgan fingerprint density at radius 1 is 1.04 bits per heavy atom. The van der Waals surface area contributed by atoms with Crippen molar-refractivity contribution in [2.75, 3.05) is 0 Å². The molecule has 1 saturated heterocycles. The molecule has 0 aliphatic carbocycles. The van der Waals surface area contributed by atoms with E-state index in [4.69, 9.17) is 0 Å². The molecule has 5 heteroatoms. The highest BCUT2D eigenvalue weighted by Gasteiger charge is 2.43. The van der Waals surface area contributed by atoms with Gasteiger partial charge in [-0.05, 0) is 28.5 Å². The highest BCUT2D eigenvalue weighted by Crippen LogP contribution is 2.44. The van der Waals surface area contributed by atoms with E-state index >= 15 is 0 Å². The monoisotopic (exact) mass is 348 g/mol. The van der Waals surface area contributed by atoms with Crippen LogP contribution in [0.4, 0.5) is 0 Å². The Kier molecular flexibility index (Phi) is 4.43. The number of carbonyl (C=O) groups is 1. The molecule has 2 heterocycles. The lowest BCUT2D eigenvalue weighted by molar-refractivity contribution is -0.119. The van der Waals surface area contributed by atoms with Crippen molar-refractivity contribution in [2.24, 2.45) is 0 Å². The second-order valence-electron chi connectivity index (χ2n) is 6.35. The second-order valence-corrected chi connectivity index (χ2v) is 9.65. The van der Waals surface area contributed by atoms with Crippen LogP contribution in [0, 0.1) is 0 Å². The van der Waals surface area contributed by atoms with Crippen LogP contribution in [0.5, 0.6) is 0 Å². The largest absolute Gasteiger partial charge is 0.300 e. The van der Waals surface area contributed by atoms with Crippen LogP contribution in [0.25, 0.3) is 0 Å². The minimum absolute atomic E-state index is 0.0242. The van der Waals surface area contributed by atoms with Crippen LogP contribution in [0.1, 0.15) is 59.1 Å². The van der Waals surface area contributed by atoms with Gasteiger partial charge in [0.05, 0.1) is 5.25 Å². The first-order valence-corrected chi connectivity index (χ1v) is 10.3. The van der Waals surface area contributed by atoms with E-state index in [1.165, 1.54) is 16.9 Å². The number of sulfone groups is 1. The summed E-state index contributed by atoms with van der Waals surface area (Å²) in [5, 5.41) is 0.437. The molecule has 122 valence electrons. The molecule has 0 N–H and O–H groups in total. The zero-order chi connectivity index (χ0) is 16.6. The van der Waals surface area contributed by atoms with Crippen LogP contribution in [-0.4, -0.2) is 14.2 Å². The summed E-state index contributed by atoms with van der Waals surface area (Å²) in [6, 6.07) is 11.3. The molecule has 0 bridgehead atoms. The number of thiophene rings is 1. The maximum atomic E-state index is 13.0. The summed E-state index contributed by atoms with van der Waals surface area (Å²) in [6.45, 7) is 4.20. The van der Waals surface area contributed by atoms with E-state index in [0.29, 0.717) is 5.92 Å². The highest BCUT2D eigenvalue weighted by atomic mass is 32.2. The van der Waals surface area contributed by atoms with Crippen LogP contribution in [0.15, 0.2) is 41.8 Å². The fourth-order valence-corrected chi connectivity index (χ4v) is 6.51. The lowest BCUT2D eigenvalue weighted by Gasteiger charge is -2.28. The molecule has 2 aromatic rings. The predicted octanol–water partition coefficient (Wildman–Crippen LogP) is 4.43. The van der Waals surface area contributed by atoms with Crippen LogP contribution in [0.3, 0.4) is 0 Å². The van der Waals surface area contributed by atoms with Gasteiger partial charge in [0.1, 0.15) is 11.0 Å². The van der Waals surface area contributed by atoms with Crippen molar-refractivity contribution in [3.05, 3.63) is 57.8 Å². The maximum Gasteiger partial charge on any atom is 0.165 e. The van der Waals surface area contributed by atoms with E-state index < -0.39 is 20.3 Å². The van der Waals surface area contributed by atoms with E-state index in [-0.39, 0.29) is 18.6 Å². The number of rotatable bonds is 3. The van der Waals surface area contributed by atoms with Crippen LogP contribution < -0.4 is 0 Å². The standard InChI is InChI=1S/C18H20O3S2/c1-12(2)13-5-7-14(8-6-13)17-10-15(19)11-18(23(17,20)21)16-4-3-9-22-16/h3-9,12,17-18H,10-11H2,1-2H3. The van der Waals surface area contributed by atoms with E-state index in [0.717, 1.165) is 10.4 Å². The van der Waals surface area contributed by atoms with Gasteiger partial charge in [0, 0.05) is 17.7 Å². The van der Waals surface area contributed by atoms with E-state index in [1.54, 1.807) is 0 Å². The summed E-state index contributed by atoms with van der Waals surface area (Å²) in [5.74, 6) is 0.420. The fraction of sp³-hybridized carbons (Fsp3) is 0.389. The third kappa shape index (κ3) is 3.12. The molecular formula is C18H20O3S2. The average molecular weight is 348 g/mol. The fourth-order valence-electron chi connectivity index (χ4n) is 3.07. The molecule has 1 aliphatic rings. The van der Waals surface area contributed by atoms with Gasteiger partial charge in [0.15, 0.2) is 9.84 Å². The molecule has 23 heavy (non-hydrogen) atoms. The van der Waals surface area contributed by atoms with Crippen molar-refractivity contribution in [2.45, 2.75) is 43.1 Å². The summed E-state index contributed by atoms with van der Waals surface area (Å²) in [4.78, 5) is 12.9. The Morgan fingerprint density at radius 2 is 1.70 bits per heavy atom. The highest BCUT2D eigenvalue weighted by molar-refractivity contribution is 7.92. The predicted molar refractivity (Wildman–Crippen MR) is 93.5 cm³/mol. The third-order valence-corrected chi connectivity index (χ3v) is 8.04. The SMILES string of the molecule is CC(C)c1ccc(C2CC(=O)CC(c3cccs3)S2(=O)=O)cc1. The van der Waals surface area contributed by atoms with Gasteiger partial charge in [-0.15, -0.1) is 11.3 Å². The molecule has 0 spiro atoms. The Bertz CT molecular complexity index is 787. The van der Waals surface area contributed by atoms with Gasteiger partial charge < -0.3 is 0 Å². The quantitative estimate of drug-likeness (QED) is 0.824. The minimum Gasteiger partial charge on any atom is -0.300 e. The number of ketones is 1. The van der Waals surface area contributed by atoms with Gasteiger partial charge in [0.2, 0.25) is 0 Å². The first kappa shape index (κ1) is 16.4. The van der Waals surface area contributed by atoms with Crippen molar-refractivity contribution >= 4 is 27.0 Å². The smallest absolute Gasteiger partial charge is 0.165 e. The number of hydrogen-bond donors (Lipinski definition) is 0. The third-order valence-electron chi connectivity index (χ3n) is 4.45. The zero-order valence-corrected chi connectivity index (χ0v) is 14.9. The molecule has 0 saturated carbocycles. The summed E-state index contributed by atoms with van der Waals surface area (Å²) < 4.78 is 26.1. The first-order chi connectivity index (χ1) is 10.9. The normalized spacial score (nSPS) is 24.0. The van der Waals surface area contributed by atoms with Crippen molar-refractivity contribution in [1.82, 2.24) is 0 Å². The molecule has 1 aromatic carbocycles. The van der Waals surface area contributed by atoms with Gasteiger partial charge in [-0.25, -0.2) is 8.42 Å². The first-order valence-electron chi connectivity index (χ1n) is 7.77. The maximum absolute atomic E-state index is 13.0. The Balaban J connectivity index is 1.99. The van der Waals surface area contributed by atoms with Crippen LogP contribution >= 0.6 is 11.3 Å². The topological polar surface area (TPSA) is 51.2 Å². The van der Waals surface area contributed by atoms with Crippen LogP contribution in [-0.2, 0) is 14.6 Å². The Hall–Kier alpha value is -1.46. The van der Waals surface area contributed by atoms with Crippen molar-refractivity contribution < 1.29 is 13.2 Å². The average Bonchev–Trinajstić information content (AvgIpc) is 3.03. The van der Waals surface area contributed by atoms with Crippen molar-refractivity contribution in [3.63, 3.8) is 0 Å². The molecule has 3 nitrogen and oxygen atoms in total. The molecule has 2 unspecified atom stereocenters. The summed E-state index contributed by atoms with van der Waals surface area (Å²) in [7, 11) is -3.42. The number of benzene rings is 1. The molecule has 1 fully saturated rings. The van der Waals surface area contributed by atoms with Gasteiger partial charge in [-0.2, -0.15) is 0 Å². The van der Waals surface area contributed by atoms with Gasteiger partial charge in [-0.3, -0.25) is 4.79 Å². The van der Waals surface area contributed by atoms with Gasteiger partial charge in [-0.1, -0.05) is 44.2 Å².